The van der Waals surface area contributed by atoms with Crippen molar-refractivity contribution in [2.45, 2.75) is 33.2 Å². The number of halogens is 1. The molecule has 0 saturated carbocycles. The van der Waals surface area contributed by atoms with Gasteiger partial charge in [0.15, 0.2) is 0 Å². The van der Waals surface area contributed by atoms with Gasteiger partial charge < -0.3 is 10.6 Å². The van der Waals surface area contributed by atoms with E-state index < -0.39 is 0 Å². The van der Waals surface area contributed by atoms with Gasteiger partial charge in [0.05, 0.1) is 0 Å². The number of rotatable bonds is 5. The van der Waals surface area contributed by atoms with Gasteiger partial charge in [0, 0.05) is 28.4 Å². The maximum absolute atomic E-state index is 5.89. The summed E-state index contributed by atoms with van der Waals surface area (Å²) in [5.41, 5.74) is 10.9. The van der Waals surface area contributed by atoms with Crippen LogP contribution in [0.2, 0.25) is 0 Å². The molecule has 1 atom stereocenters. The highest BCUT2D eigenvalue weighted by atomic mass is 79.9. The summed E-state index contributed by atoms with van der Waals surface area (Å²) in [6.07, 6.45) is 0.886. The van der Waals surface area contributed by atoms with Gasteiger partial charge in [-0.15, -0.1) is 0 Å². The Hall–Kier alpha value is -1.32. The fraction of sp³-hybridized carbons (Fsp3) is 0.333. The van der Waals surface area contributed by atoms with Gasteiger partial charge in [0.25, 0.3) is 0 Å². The standard InChI is InChI=1S/C18H23BrN2/c1-4-21(16-7-5-6-13(2)10-16)17-9-8-15(11-14(3)20)18(19)12-17/h5-10,12,14H,4,11,20H2,1-3H3. The molecule has 1 unspecified atom stereocenters. The second-order valence-electron chi connectivity index (χ2n) is 5.54. The van der Waals surface area contributed by atoms with E-state index in [2.05, 4.69) is 77.1 Å². The van der Waals surface area contributed by atoms with Gasteiger partial charge in [-0.25, -0.2) is 0 Å². The second-order valence-corrected chi connectivity index (χ2v) is 6.39. The van der Waals surface area contributed by atoms with E-state index in [-0.39, 0.29) is 6.04 Å². The molecule has 2 N–H and O–H groups in total. The first kappa shape index (κ1) is 16.1. The average molecular weight is 347 g/mol. The van der Waals surface area contributed by atoms with E-state index >= 15 is 0 Å². The topological polar surface area (TPSA) is 29.3 Å². The summed E-state index contributed by atoms with van der Waals surface area (Å²) in [5.74, 6) is 0. The third-order valence-corrected chi connectivity index (χ3v) is 4.26. The number of hydrogen-bond donors (Lipinski definition) is 1. The first-order valence-electron chi connectivity index (χ1n) is 7.39. The van der Waals surface area contributed by atoms with Crippen LogP contribution < -0.4 is 10.6 Å². The third-order valence-electron chi connectivity index (χ3n) is 3.52. The monoisotopic (exact) mass is 346 g/mol. The van der Waals surface area contributed by atoms with Crippen LogP contribution in [0.1, 0.15) is 25.0 Å². The quantitative estimate of drug-likeness (QED) is 0.841. The molecule has 0 spiro atoms. The zero-order valence-corrected chi connectivity index (χ0v) is 14.5. The molecule has 0 radical (unpaired) electrons. The lowest BCUT2D eigenvalue weighted by Gasteiger charge is -2.24. The number of nitrogens with zero attached hydrogens (tertiary/aromatic N) is 1. The molecular formula is C18H23BrN2. The molecule has 2 aromatic carbocycles. The molecule has 0 fully saturated rings. The Morgan fingerprint density at radius 2 is 1.86 bits per heavy atom. The van der Waals surface area contributed by atoms with Crippen LogP contribution in [0.15, 0.2) is 46.9 Å². The van der Waals surface area contributed by atoms with Crippen molar-refractivity contribution < 1.29 is 0 Å². The summed E-state index contributed by atoms with van der Waals surface area (Å²) in [4.78, 5) is 2.31. The molecule has 21 heavy (non-hydrogen) atoms. The number of hydrogen-bond acceptors (Lipinski definition) is 2. The normalized spacial score (nSPS) is 12.2. The molecule has 3 heteroatoms. The van der Waals surface area contributed by atoms with E-state index in [0.717, 1.165) is 17.4 Å². The van der Waals surface area contributed by atoms with E-state index in [1.165, 1.54) is 22.5 Å². The van der Waals surface area contributed by atoms with E-state index in [4.69, 9.17) is 5.73 Å². The SMILES string of the molecule is CCN(c1cccc(C)c1)c1ccc(CC(C)N)c(Br)c1. The fourth-order valence-corrected chi connectivity index (χ4v) is 3.06. The molecule has 0 aromatic heterocycles. The zero-order chi connectivity index (χ0) is 15.4. The van der Waals surface area contributed by atoms with Gasteiger partial charge in [-0.3, -0.25) is 0 Å². The van der Waals surface area contributed by atoms with Crippen molar-refractivity contribution in [3.8, 4) is 0 Å². The summed E-state index contributed by atoms with van der Waals surface area (Å²) in [6, 6.07) is 15.3. The molecule has 2 rings (SSSR count). The molecule has 0 heterocycles. The largest absolute Gasteiger partial charge is 0.342 e. The molecule has 0 amide bonds. The summed E-state index contributed by atoms with van der Waals surface area (Å²) in [5, 5.41) is 0. The van der Waals surface area contributed by atoms with Gasteiger partial charge in [0.1, 0.15) is 0 Å². The van der Waals surface area contributed by atoms with E-state index in [0.29, 0.717) is 0 Å². The van der Waals surface area contributed by atoms with Crippen molar-refractivity contribution in [1.29, 1.82) is 0 Å². The predicted octanol–water partition coefficient (Wildman–Crippen LogP) is 4.81. The lowest BCUT2D eigenvalue weighted by molar-refractivity contribution is 0.736. The molecule has 0 bridgehead atoms. The van der Waals surface area contributed by atoms with Gasteiger partial charge in [-0.1, -0.05) is 34.1 Å². The minimum atomic E-state index is 0.172. The zero-order valence-electron chi connectivity index (χ0n) is 12.9. The Kier molecular flexibility index (Phi) is 5.43. The second kappa shape index (κ2) is 7.10. The highest BCUT2D eigenvalue weighted by Gasteiger charge is 2.10. The van der Waals surface area contributed by atoms with Crippen molar-refractivity contribution in [2.24, 2.45) is 5.73 Å². The summed E-state index contributed by atoms with van der Waals surface area (Å²) in [7, 11) is 0. The molecule has 0 aliphatic rings. The van der Waals surface area contributed by atoms with E-state index in [1.54, 1.807) is 0 Å². The van der Waals surface area contributed by atoms with Crippen LogP contribution in [0.3, 0.4) is 0 Å². The fourth-order valence-electron chi connectivity index (χ4n) is 2.53. The Morgan fingerprint density at radius 1 is 1.14 bits per heavy atom. The lowest BCUT2D eigenvalue weighted by atomic mass is 10.1. The van der Waals surface area contributed by atoms with Crippen LogP contribution in [0.25, 0.3) is 0 Å². The summed E-state index contributed by atoms with van der Waals surface area (Å²) in [6.45, 7) is 7.26. The van der Waals surface area contributed by atoms with Crippen molar-refractivity contribution in [1.82, 2.24) is 0 Å². The van der Waals surface area contributed by atoms with Gasteiger partial charge in [-0.2, -0.15) is 0 Å². The minimum absolute atomic E-state index is 0.172. The first-order chi connectivity index (χ1) is 10.0. The molecule has 0 aliphatic carbocycles. The Balaban J connectivity index is 2.33. The maximum atomic E-state index is 5.89. The van der Waals surface area contributed by atoms with Crippen molar-refractivity contribution >= 4 is 27.3 Å². The van der Waals surface area contributed by atoms with Crippen LogP contribution in [-0.4, -0.2) is 12.6 Å². The van der Waals surface area contributed by atoms with Crippen LogP contribution in [0.5, 0.6) is 0 Å². The van der Waals surface area contributed by atoms with Crippen LogP contribution >= 0.6 is 15.9 Å². The minimum Gasteiger partial charge on any atom is -0.342 e. The van der Waals surface area contributed by atoms with Crippen LogP contribution in [-0.2, 0) is 6.42 Å². The molecule has 2 aromatic rings. The molecule has 0 aliphatic heterocycles. The Morgan fingerprint density at radius 3 is 2.43 bits per heavy atom. The highest BCUT2D eigenvalue weighted by molar-refractivity contribution is 9.10. The predicted molar refractivity (Wildman–Crippen MR) is 95.4 cm³/mol. The maximum Gasteiger partial charge on any atom is 0.0422 e. The van der Waals surface area contributed by atoms with Gasteiger partial charge in [-0.05, 0) is 62.6 Å². The smallest absolute Gasteiger partial charge is 0.0422 e. The lowest BCUT2D eigenvalue weighted by Crippen LogP contribution is -2.19. The third kappa shape index (κ3) is 4.08. The average Bonchev–Trinajstić information content (AvgIpc) is 2.42. The van der Waals surface area contributed by atoms with Crippen molar-refractivity contribution in [3.05, 3.63) is 58.1 Å². The van der Waals surface area contributed by atoms with E-state index in [9.17, 15) is 0 Å². The number of benzene rings is 2. The highest BCUT2D eigenvalue weighted by Crippen LogP contribution is 2.30. The number of nitrogens with two attached hydrogens (primary N) is 1. The van der Waals surface area contributed by atoms with Crippen molar-refractivity contribution in [3.63, 3.8) is 0 Å². The summed E-state index contributed by atoms with van der Waals surface area (Å²) < 4.78 is 1.13. The first-order valence-corrected chi connectivity index (χ1v) is 8.18. The molecular weight excluding hydrogens is 324 g/mol. The molecule has 2 nitrogen and oxygen atoms in total. The van der Waals surface area contributed by atoms with E-state index in [1.807, 2.05) is 6.92 Å². The summed E-state index contributed by atoms with van der Waals surface area (Å²) >= 11 is 3.68. The molecule has 112 valence electrons. The van der Waals surface area contributed by atoms with Crippen molar-refractivity contribution in [2.75, 3.05) is 11.4 Å². The van der Waals surface area contributed by atoms with Gasteiger partial charge in [0.2, 0.25) is 0 Å². The number of aryl methyl sites for hydroxylation is 1. The van der Waals surface area contributed by atoms with Gasteiger partial charge >= 0.3 is 0 Å². The number of anilines is 2. The molecule has 0 saturated heterocycles. The van der Waals surface area contributed by atoms with Crippen LogP contribution in [0.4, 0.5) is 11.4 Å². The van der Waals surface area contributed by atoms with Crippen LogP contribution in [0, 0.1) is 6.92 Å². The Labute approximate surface area is 136 Å². The Bertz CT molecular complexity index is 608.